The SMILES string of the molecule is CC(N[C@H](C)c1ccccc1F)c1cc(F)c(Cl)cc1Cl. The summed E-state index contributed by atoms with van der Waals surface area (Å²) in [6, 6.07) is 8.72. The van der Waals surface area contributed by atoms with Gasteiger partial charge in [-0.05, 0) is 37.6 Å². The maximum atomic E-state index is 13.7. The molecule has 2 aromatic carbocycles. The van der Waals surface area contributed by atoms with Crippen LogP contribution in [0.3, 0.4) is 0 Å². The van der Waals surface area contributed by atoms with Gasteiger partial charge in [-0.3, -0.25) is 0 Å². The summed E-state index contributed by atoms with van der Waals surface area (Å²) >= 11 is 11.8. The summed E-state index contributed by atoms with van der Waals surface area (Å²) in [7, 11) is 0. The van der Waals surface area contributed by atoms with Crippen LogP contribution in [-0.4, -0.2) is 0 Å². The van der Waals surface area contributed by atoms with Crippen molar-refractivity contribution in [2.24, 2.45) is 0 Å². The van der Waals surface area contributed by atoms with E-state index in [0.29, 0.717) is 16.1 Å². The maximum absolute atomic E-state index is 13.7. The first-order valence-electron chi connectivity index (χ1n) is 6.55. The first-order valence-corrected chi connectivity index (χ1v) is 7.30. The zero-order chi connectivity index (χ0) is 15.6. The topological polar surface area (TPSA) is 12.0 Å². The highest BCUT2D eigenvalue weighted by atomic mass is 35.5. The molecule has 0 saturated heterocycles. The van der Waals surface area contributed by atoms with Crippen LogP contribution >= 0.6 is 23.2 Å². The van der Waals surface area contributed by atoms with Crippen molar-refractivity contribution in [1.82, 2.24) is 5.32 Å². The highest BCUT2D eigenvalue weighted by molar-refractivity contribution is 6.35. The smallest absolute Gasteiger partial charge is 0.142 e. The second-order valence-electron chi connectivity index (χ2n) is 4.92. The van der Waals surface area contributed by atoms with Crippen molar-refractivity contribution >= 4 is 23.2 Å². The van der Waals surface area contributed by atoms with E-state index in [0.717, 1.165) is 0 Å². The average Bonchev–Trinajstić information content (AvgIpc) is 2.43. The van der Waals surface area contributed by atoms with Gasteiger partial charge in [0.15, 0.2) is 0 Å². The highest BCUT2D eigenvalue weighted by Gasteiger charge is 2.17. The van der Waals surface area contributed by atoms with Crippen LogP contribution in [0, 0.1) is 11.6 Å². The molecule has 1 N–H and O–H groups in total. The quantitative estimate of drug-likeness (QED) is 0.711. The summed E-state index contributed by atoms with van der Waals surface area (Å²) in [6.45, 7) is 3.68. The molecule has 5 heteroatoms. The first kappa shape index (κ1) is 16.2. The van der Waals surface area contributed by atoms with Crippen LogP contribution in [0.25, 0.3) is 0 Å². The Morgan fingerprint density at radius 3 is 2.14 bits per heavy atom. The molecule has 0 saturated carbocycles. The molecule has 2 atom stereocenters. The largest absolute Gasteiger partial charge is 0.303 e. The maximum Gasteiger partial charge on any atom is 0.142 e. The minimum absolute atomic E-state index is 0.0156. The Labute approximate surface area is 132 Å². The summed E-state index contributed by atoms with van der Waals surface area (Å²) in [6.07, 6.45) is 0. The number of benzene rings is 2. The number of hydrogen-bond donors (Lipinski definition) is 1. The number of hydrogen-bond acceptors (Lipinski definition) is 1. The third-order valence-electron chi connectivity index (χ3n) is 3.38. The molecular formula is C16H15Cl2F2N. The molecule has 2 aromatic rings. The van der Waals surface area contributed by atoms with Gasteiger partial charge in [0.1, 0.15) is 11.6 Å². The standard InChI is InChI=1S/C16H15Cl2F2N/c1-9(11-5-3-4-6-15(11)19)21-10(2)12-7-16(20)14(18)8-13(12)17/h3-10,21H,1-2H3/t9-,10?/m1/s1. The second kappa shape index (κ2) is 6.73. The Balaban J connectivity index is 2.20. The van der Waals surface area contributed by atoms with Crippen molar-refractivity contribution in [1.29, 1.82) is 0 Å². The molecule has 0 heterocycles. The van der Waals surface area contributed by atoms with Crippen LogP contribution in [0.1, 0.15) is 37.1 Å². The van der Waals surface area contributed by atoms with Crippen molar-refractivity contribution < 1.29 is 8.78 Å². The van der Waals surface area contributed by atoms with Crippen LogP contribution in [-0.2, 0) is 0 Å². The summed E-state index contributed by atoms with van der Waals surface area (Å²) in [5.74, 6) is -0.804. The molecule has 0 aliphatic rings. The van der Waals surface area contributed by atoms with Crippen molar-refractivity contribution in [3.63, 3.8) is 0 Å². The Morgan fingerprint density at radius 1 is 0.857 bits per heavy atom. The van der Waals surface area contributed by atoms with Crippen LogP contribution in [0.2, 0.25) is 10.0 Å². The van der Waals surface area contributed by atoms with Crippen molar-refractivity contribution in [2.75, 3.05) is 0 Å². The van der Waals surface area contributed by atoms with E-state index >= 15 is 0 Å². The van der Waals surface area contributed by atoms with Gasteiger partial charge in [-0.15, -0.1) is 0 Å². The highest BCUT2D eigenvalue weighted by Crippen LogP contribution is 2.30. The number of nitrogens with one attached hydrogen (secondary N) is 1. The normalized spacial score (nSPS) is 14.0. The average molecular weight is 330 g/mol. The van der Waals surface area contributed by atoms with Crippen LogP contribution in [0.4, 0.5) is 8.78 Å². The Bertz CT molecular complexity index is 646. The first-order chi connectivity index (χ1) is 9.90. The third kappa shape index (κ3) is 3.73. The van der Waals surface area contributed by atoms with E-state index in [2.05, 4.69) is 5.32 Å². The van der Waals surface area contributed by atoms with Crippen molar-refractivity contribution in [3.8, 4) is 0 Å². The Kier molecular flexibility index (Phi) is 5.20. The van der Waals surface area contributed by atoms with Gasteiger partial charge in [-0.2, -0.15) is 0 Å². The number of halogens is 4. The lowest BCUT2D eigenvalue weighted by molar-refractivity contribution is 0.472. The van der Waals surface area contributed by atoms with Crippen molar-refractivity contribution in [3.05, 3.63) is 69.2 Å². The van der Waals surface area contributed by atoms with Gasteiger partial charge in [0.05, 0.1) is 5.02 Å². The summed E-state index contributed by atoms with van der Waals surface area (Å²) < 4.78 is 27.3. The minimum atomic E-state index is -0.525. The number of rotatable bonds is 4. The summed E-state index contributed by atoms with van der Waals surface area (Å²) in [4.78, 5) is 0. The van der Waals surface area contributed by atoms with Gasteiger partial charge in [-0.25, -0.2) is 8.78 Å². The Morgan fingerprint density at radius 2 is 1.48 bits per heavy atom. The fourth-order valence-corrected chi connectivity index (χ4v) is 2.80. The van der Waals surface area contributed by atoms with Gasteiger partial charge in [-0.1, -0.05) is 41.4 Å². The molecule has 0 aliphatic heterocycles. The lowest BCUT2D eigenvalue weighted by Crippen LogP contribution is -2.23. The van der Waals surface area contributed by atoms with E-state index in [1.807, 2.05) is 13.8 Å². The van der Waals surface area contributed by atoms with E-state index in [9.17, 15) is 8.78 Å². The van der Waals surface area contributed by atoms with E-state index in [1.165, 1.54) is 18.2 Å². The molecule has 0 fully saturated rings. The van der Waals surface area contributed by atoms with E-state index in [-0.39, 0.29) is 22.9 Å². The monoisotopic (exact) mass is 329 g/mol. The van der Waals surface area contributed by atoms with Gasteiger partial charge in [0.25, 0.3) is 0 Å². The third-order valence-corrected chi connectivity index (χ3v) is 3.99. The van der Waals surface area contributed by atoms with Crippen molar-refractivity contribution in [2.45, 2.75) is 25.9 Å². The molecule has 0 amide bonds. The molecule has 0 spiro atoms. The predicted octanol–water partition coefficient (Wildman–Crippen LogP) is 5.68. The minimum Gasteiger partial charge on any atom is -0.303 e. The Hall–Kier alpha value is -1.16. The van der Waals surface area contributed by atoms with E-state index in [4.69, 9.17) is 23.2 Å². The molecular weight excluding hydrogens is 315 g/mol. The van der Waals surface area contributed by atoms with Gasteiger partial charge < -0.3 is 5.32 Å². The van der Waals surface area contributed by atoms with Gasteiger partial charge >= 0.3 is 0 Å². The summed E-state index contributed by atoms with van der Waals surface area (Å²) in [5.41, 5.74) is 1.14. The van der Waals surface area contributed by atoms with E-state index in [1.54, 1.807) is 18.2 Å². The molecule has 1 nitrogen and oxygen atoms in total. The van der Waals surface area contributed by atoms with E-state index < -0.39 is 5.82 Å². The fraction of sp³-hybridized carbons (Fsp3) is 0.250. The van der Waals surface area contributed by atoms with Crippen LogP contribution < -0.4 is 5.32 Å². The lowest BCUT2D eigenvalue weighted by Gasteiger charge is -2.22. The fourth-order valence-electron chi connectivity index (χ4n) is 2.25. The predicted molar refractivity (Wildman–Crippen MR) is 82.8 cm³/mol. The molecule has 0 aromatic heterocycles. The second-order valence-corrected chi connectivity index (χ2v) is 5.73. The van der Waals surface area contributed by atoms with Crippen LogP contribution in [0.15, 0.2) is 36.4 Å². The van der Waals surface area contributed by atoms with Gasteiger partial charge in [0.2, 0.25) is 0 Å². The lowest BCUT2D eigenvalue weighted by atomic mass is 10.0. The molecule has 0 aliphatic carbocycles. The summed E-state index contributed by atoms with van der Waals surface area (Å²) in [5, 5.41) is 3.57. The molecule has 1 unspecified atom stereocenters. The van der Waals surface area contributed by atoms with Gasteiger partial charge in [0, 0.05) is 22.7 Å². The van der Waals surface area contributed by atoms with Crippen LogP contribution in [0.5, 0.6) is 0 Å². The molecule has 21 heavy (non-hydrogen) atoms. The zero-order valence-corrected chi connectivity index (χ0v) is 13.1. The zero-order valence-electron chi connectivity index (χ0n) is 11.6. The molecule has 0 bridgehead atoms. The molecule has 0 radical (unpaired) electrons. The molecule has 2 rings (SSSR count). The molecule has 112 valence electrons.